The van der Waals surface area contributed by atoms with Crippen LogP contribution in [-0.4, -0.2) is 45.8 Å². The molecule has 1 aliphatic heterocycles. The van der Waals surface area contributed by atoms with Crippen LogP contribution in [0.25, 0.3) is 0 Å². The van der Waals surface area contributed by atoms with Crippen LogP contribution in [0.2, 0.25) is 0 Å². The van der Waals surface area contributed by atoms with Gasteiger partial charge in [-0.25, -0.2) is 0 Å². The first kappa shape index (κ1) is 28.4. The molecule has 7 heteroatoms. The molecule has 40 heavy (non-hydrogen) atoms. The molecular formula is C33H34O6S. The van der Waals surface area contributed by atoms with E-state index in [2.05, 4.69) is 0 Å². The highest BCUT2D eigenvalue weighted by atomic mass is 32.2. The lowest BCUT2D eigenvalue weighted by molar-refractivity contribution is -0.243. The standard InChI is InChI=1S/C33H34O6S/c34-30-32(38-23-27-17-9-3-10-18-27)31(37-22-26-15-7-2-8-16-26)29(24-36-21-25-13-5-1-6-14-25)39-33(30)40(35)28-19-11-4-12-20-28/h1-20,29-34H,21-24H2/t29-,30+,31-,32-,33-,40?/m1/s1. The van der Waals surface area contributed by atoms with Crippen molar-refractivity contribution in [1.29, 1.82) is 0 Å². The Labute approximate surface area is 238 Å². The van der Waals surface area contributed by atoms with Gasteiger partial charge in [0.1, 0.15) is 24.4 Å². The molecular weight excluding hydrogens is 524 g/mol. The molecule has 5 rings (SSSR count). The second-order valence-corrected chi connectivity index (χ2v) is 11.2. The number of aliphatic hydroxyl groups is 1. The Hall–Kier alpha value is -3.17. The fourth-order valence-electron chi connectivity index (χ4n) is 4.69. The Morgan fingerprint density at radius 1 is 0.625 bits per heavy atom. The van der Waals surface area contributed by atoms with Crippen molar-refractivity contribution in [3.05, 3.63) is 138 Å². The predicted molar refractivity (Wildman–Crippen MR) is 154 cm³/mol. The highest BCUT2D eigenvalue weighted by molar-refractivity contribution is 7.85. The molecule has 0 amide bonds. The molecule has 4 aromatic rings. The fourth-order valence-corrected chi connectivity index (χ4v) is 6.03. The lowest BCUT2D eigenvalue weighted by atomic mass is 9.99. The summed E-state index contributed by atoms with van der Waals surface area (Å²) in [7, 11) is -1.65. The van der Waals surface area contributed by atoms with Crippen LogP contribution in [0.1, 0.15) is 16.7 Å². The molecule has 6 atom stereocenters. The number of hydrogen-bond acceptors (Lipinski definition) is 6. The summed E-state index contributed by atoms with van der Waals surface area (Å²) in [6.07, 6.45) is -3.30. The molecule has 4 aromatic carbocycles. The third-order valence-corrected chi connectivity index (χ3v) is 8.31. The van der Waals surface area contributed by atoms with Crippen LogP contribution in [0.5, 0.6) is 0 Å². The first-order valence-electron chi connectivity index (χ1n) is 13.4. The Morgan fingerprint density at radius 3 is 1.60 bits per heavy atom. The molecule has 1 heterocycles. The first-order valence-corrected chi connectivity index (χ1v) is 14.6. The molecule has 6 nitrogen and oxygen atoms in total. The number of aliphatic hydroxyl groups excluding tert-OH is 1. The zero-order valence-corrected chi connectivity index (χ0v) is 23.0. The van der Waals surface area contributed by atoms with E-state index in [4.69, 9.17) is 18.9 Å². The van der Waals surface area contributed by atoms with Crippen molar-refractivity contribution in [1.82, 2.24) is 0 Å². The summed E-state index contributed by atoms with van der Waals surface area (Å²) in [6, 6.07) is 38.5. The van der Waals surface area contributed by atoms with Crippen molar-refractivity contribution in [3.63, 3.8) is 0 Å². The third-order valence-electron chi connectivity index (χ3n) is 6.77. The van der Waals surface area contributed by atoms with E-state index >= 15 is 0 Å². The lowest BCUT2D eigenvalue weighted by Crippen LogP contribution is -2.61. The van der Waals surface area contributed by atoms with Crippen LogP contribution in [0.4, 0.5) is 0 Å². The quantitative estimate of drug-likeness (QED) is 0.256. The van der Waals surface area contributed by atoms with E-state index in [0.717, 1.165) is 16.7 Å². The molecule has 0 radical (unpaired) electrons. The molecule has 1 fully saturated rings. The second-order valence-electron chi connectivity index (χ2n) is 9.67. The van der Waals surface area contributed by atoms with Crippen molar-refractivity contribution in [3.8, 4) is 0 Å². The van der Waals surface area contributed by atoms with Gasteiger partial charge in [-0.05, 0) is 28.8 Å². The summed E-state index contributed by atoms with van der Waals surface area (Å²) in [4.78, 5) is 0.570. The predicted octanol–water partition coefficient (Wildman–Crippen LogP) is 5.27. The van der Waals surface area contributed by atoms with Crippen molar-refractivity contribution in [2.24, 2.45) is 0 Å². The van der Waals surface area contributed by atoms with Gasteiger partial charge in [0.15, 0.2) is 5.44 Å². The summed E-state index contributed by atoms with van der Waals surface area (Å²) >= 11 is 0. The van der Waals surface area contributed by atoms with Gasteiger partial charge in [-0.15, -0.1) is 0 Å². The molecule has 1 aliphatic rings. The van der Waals surface area contributed by atoms with E-state index in [1.54, 1.807) is 12.1 Å². The van der Waals surface area contributed by atoms with E-state index < -0.39 is 40.7 Å². The largest absolute Gasteiger partial charge is 0.387 e. The Balaban J connectivity index is 1.40. The van der Waals surface area contributed by atoms with Crippen LogP contribution in [0, 0.1) is 0 Å². The van der Waals surface area contributed by atoms with Gasteiger partial charge >= 0.3 is 0 Å². The summed E-state index contributed by atoms with van der Waals surface area (Å²) < 4.78 is 38.8. The van der Waals surface area contributed by atoms with Gasteiger partial charge in [-0.1, -0.05) is 109 Å². The van der Waals surface area contributed by atoms with Crippen LogP contribution in [-0.2, 0) is 49.6 Å². The van der Waals surface area contributed by atoms with E-state index in [0.29, 0.717) is 18.1 Å². The highest BCUT2D eigenvalue weighted by Crippen LogP contribution is 2.31. The van der Waals surface area contributed by atoms with E-state index in [1.807, 2.05) is 109 Å². The highest BCUT2D eigenvalue weighted by Gasteiger charge is 2.49. The monoisotopic (exact) mass is 558 g/mol. The van der Waals surface area contributed by atoms with Gasteiger partial charge in [-0.2, -0.15) is 0 Å². The van der Waals surface area contributed by atoms with Crippen molar-refractivity contribution >= 4 is 10.8 Å². The molecule has 1 unspecified atom stereocenters. The van der Waals surface area contributed by atoms with E-state index in [-0.39, 0.29) is 13.2 Å². The molecule has 0 spiro atoms. The van der Waals surface area contributed by atoms with Crippen LogP contribution >= 0.6 is 0 Å². The van der Waals surface area contributed by atoms with Gasteiger partial charge < -0.3 is 24.1 Å². The Kier molecular flexibility index (Phi) is 10.3. The number of rotatable bonds is 12. The molecule has 0 bridgehead atoms. The maximum absolute atomic E-state index is 13.6. The third kappa shape index (κ3) is 7.52. The summed E-state index contributed by atoms with van der Waals surface area (Å²) in [6.45, 7) is 1.12. The average molecular weight is 559 g/mol. The average Bonchev–Trinajstić information content (AvgIpc) is 3.02. The fraction of sp³-hybridized carbons (Fsp3) is 0.273. The van der Waals surface area contributed by atoms with Crippen LogP contribution in [0.3, 0.4) is 0 Å². The Bertz CT molecular complexity index is 1310. The first-order chi connectivity index (χ1) is 19.7. The minimum atomic E-state index is -1.65. The number of benzene rings is 4. The maximum Gasteiger partial charge on any atom is 0.166 e. The minimum Gasteiger partial charge on any atom is -0.387 e. The van der Waals surface area contributed by atoms with Crippen LogP contribution in [0.15, 0.2) is 126 Å². The maximum atomic E-state index is 13.6. The molecule has 0 saturated carbocycles. The summed E-state index contributed by atoms with van der Waals surface area (Å²) in [5, 5.41) is 11.6. The van der Waals surface area contributed by atoms with Crippen molar-refractivity contribution < 1.29 is 28.3 Å². The number of ether oxygens (including phenoxy) is 4. The molecule has 0 aliphatic carbocycles. The smallest absolute Gasteiger partial charge is 0.166 e. The minimum absolute atomic E-state index is 0.175. The van der Waals surface area contributed by atoms with Gasteiger partial charge in [0.25, 0.3) is 0 Å². The lowest BCUT2D eigenvalue weighted by Gasteiger charge is -2.44. The molecule has 208 valence electrons. The second kappa shape index (κ2) is 14.5. The zero-order valence-electron chi connectivity index (χ0n) is 22.2. The van der Waals surface area contributed by atoms with E-state index in [9.17, 15) is 9.32 Å². The summed E-state index contributed by atoms with van der Waals surface area (Å²) in [5.74, 6) is 0. The van der Waals surface area contributed by atoms with E-state index in [1.165, 1.54) is 0 Å². The van der Waals surface area contributed by atoms with Crippen molar-refractivity contribution in [2.75, 3.05) is 6.61 Å². The topological polar surface area (TPSA) is 74.2 Å². The van der Waals surface area contributed by atoms with Crippen LogP contribution < -0.4 is 0 Å². The molecule has 1 saturated heterocycles. The van der Waals surface area contributed by atoms with Gasteiger partial charge in [0.05, 0.1) is 37.2 Å². The molecule has 0 aromatic heterocycles. The SMILES string of the molecule is O=S(c1ccccc1)[C@H]1O[C@H](COCc2ccccc2)[C@@H](OCc2ccccc2)[C@H](OCc2ccccc2)[C@@H]1O. The zero-order chi connectivity index (χ0) is 27.6. The van der Waals surface area contributed by atoms with Gasteiger partial charge in [0.2, 0.25) is 0 Å². The normalized spacial score (nSPS) is 23.5. The van der Waals surface area contributed by atoms with Crippen molar-refractivity contribution in [2.45, 2.75) is 54.6 Å². The van der Waals surface area contributed by atoms with Gasteiger partial charge in [0, 0.05) is 4.90 Å². The van der Waals surface area contributed by atoms with Gasteiger partial charge in [-0.3, -0.25) is 4.21 Å². The number of hydrogen-bond donors (Lipinski definition) is 1. The Morgan fingerprint density at radius 2 is 1.07 bits per heavy atom. The molecule has 1 N–H and O–H groups in total. The summed E-state index contributed by atoms with van der Waals surface area (Å²) in [5.41, 5.74) is 1.95.